The van der Waals surface area contributed by atoms with Gasteiger partial charge in [-0.05, 0) is 78.8 Å². The second-order valence-corrected chi connectivity index (χ2v) is 9.89. The predicted octanol–water partition coefficient (Wildman–Crippen LogP) is 5.04. The molecule has 1 N–H and O–H groups in total. The number of fused-ring (bicyclic) bond motifs is 1. The third-order valence-electron chi connectivity index (χ3n) is 7.34. The number of amides is 1. The SMILES string of the molecule is COC(=O)c1cccc(N2C(=O)C(=O)/C(=C(\O)c3ccc4c(c3)CCCC4)C2c2ccc(N(C)C)cc2)c1. The van der Waals surface area contributed by atoms with Gasteiger partial charge < -0.3 is 14.7 Å². The van der Waals surface area contributed by atoms with Gasteiger partial charge in [0.2, 0.25) is 0 Å². The highest BCUT2D eigenvalue weighted by molar-refractivity contribution is 6.51. The fourth-order valence-electron chi connectivity index (χ4n) is 5.31. The molecular weight excluding hydrogens is 480 g/mol. The second kappa shape index (κ2) is 10.2. The maximum absolute atomic E-state index is 13.5. The van der Waals surface area contributed by atoms with E-state index >= 15 is 0 Å². The normalized spacial score (nSPS) is 18.3. The number of methoxy groups -OCH3 is 1. The Morgan fingerprint density at radius 2 is 1.63 bits per heavy atom. The van der Waals surface area contributed by atoms with E-state index in [9.17, 15) is 19.5 Å². The summed E-state index contributed by atoms with van der Waals surface area (Å²) >= 11 is 0. The van der Waals surface area contributed by atoms with E-state index in [-0.39, 0.29) is 16.9 Å². The number of ketones is 1. The zero-order valence-corrected chi connectivity index (χ0v) is 21.7. The van der Waals surface area contributed by atoms with E-state index in [1.165, 1.54) is 23.6 Å². The fraction of sp³-hybridized carbons (Fsp3) is 0.258. The molecule has 1 fully saturated rings. The molecule has 0 radical (unpaired) electrons. The van der Waals surface area contributed by atoms with Crippen LogP contribution in [0.1, 0.15) is 51.5 Å². The van der Waals surface area contributed by atoms with Crippen LogP contribution in [0.2, 0.25) is 0 Å². The second-order valence-electron chi connectivity index (χ2n) is 9.89. The zero-order valence-electron chi connectivity index (χ0n) is 21.7. The first kappa shape index (κ1) is 25.3. The predicted molar refractivity (Wildman–Crippen MR) is 146 cm³/mol. The number of rotatable bonds is 5. The molecular formula is C31H30N2O5. The van der Waals surface area contributed by atoms with Gasteiger partial charge in [0.25, 0.3) is 11.7 Å². The van der Waals surface area contributed by atoms with Crippen molar-refractivity contribution in [3.8, 4) is 0 Å². The lowest BCUT2D eigenvalue weighted by atomic mass is 9.88. The van der Waals surface area contributed by atoms with Crippen molar-refractivity contribution in [3.63, 3.8) is 0 Å². The van der Waals surface area contributed by atoms with Gasteiger partial charge >= 0.3 is 5.97 Å². The number of hydrogen-bond donors (Lipinski definition) is 1. The molecule has 5 rings (SSSR count). The maximum Gasteiger partial charge on any atom is 0.337 e. The summed E-state index contributed by atoms with van der Waals surface area (Å²) in [6, 6.07) is 18.8. The van der Waals surface area contributed by atoms with Crippen LogP contribution in [0.5, 0.6) is 0 Å². The van der Waals surface area contributed by atoms with Crippen molar-refractivity contribution in [3.05, 3.63) is 100 Å². The molecule has 0 bridgehead atoms. The van der Waals surface area contributed by atoms with Gasteiger partial charge in [0.1, 0.15) is 5.76 Å². The lowest BCUT2D eigenvalue weighted by Gasteiger charge is -2.26. The highest BCUT2D eigenvalue weighted by Crippen LogP contribution is 2.43. The molecule has 1 saturated heterocycles. The van der Waals surface area contributed by atoms with Crippen molar-refractivity contribution in [1.29, 1.82) is 0 Å². The van der Waals surface area contributed by atoms with E-state index in [4.69, 9.17) is 4.74 Å². The van der Waals surface area contributed by atoms with E-state index in [2.05, 4.69) is 0 Å². The van der Waals surface area contributed by atoms with Gasteiger partial charge in [-0.15, -0.1) is 0 Å². The molecule has 7 nitrogen and oxygen atoms in total. The Morgan fingerprint density at radius 1 is 0.921 bits per heavy atom. The summed E-state index contributed by atoms with van der Waals surface area (Å²) in [7, 11) is 5.14. The third kappa shape index (κ3) is 4.45. The Labute approximate surface area is 222 Å². The molecule has 1 amide bonds. The summed E-state index contributed by atoms with van der Waals surface area (Å²) in [4.78, 5) is 42.5. The number of benzene rings is 3. The summed E-state index contributed by atoms with van der Waals surface area (Å²) in [6.45, 7) is 0. The van der Waals surface area contributed by atoms with Crippen LogP contribution in [0.3, 0.4) is 0 Å². The number of anilines is 2. The van der Waals surface area contributed by atoms with E-state index in [0.717, 1.165) is 36.9 Å². The van der Waals surface area contributed by atoms with Gasteiger partial charge in [-0.3, -0.25) is 14.5 Å². The Balaban J connectivity index is 1.68. The number of aryl methyl sites for hydroxylation is 2. The number of ether oxygens (including phenoxy) is 1. The van der Waals surface area contributed by atoms with E-state index in [1.807, 2.05) is 61.5 Å². The summed E-state index contributed by atoms with van der Waals surface area (Å²) in [5.41, 5.74) is 5.18. The zero-order chi connectivity index (χ0) is 27.0. The standard InChI is InChI=1S/C31H30N2O5/c1-32(2)24-15-13-20(14-16-24)27-26(28(34)22-12-11-19-7-4-5-8-21(19)17-22)29(35)30(36)33(27)25-10-6-9-23(18-25)31(37)38-3/h6,9-18,27,34H,4-5,7-8H2,1-3H3/b28-26-. The number of carbonyl (C=O) groups is 3. The minimum absolute atomic E-state index is 0.0202. The third-order valence-corrected chi connectivity index (χ3v) is 7.34. The summed E-state index contributed by atoms with van der Waals surface area (Å²) in [6.07, 6.45) is 4.13. The van der Waals surface area contributed by atoms with Gasteiger partial charge in [-0.2, -0.15) is 0 Å². The van der Waals surface area contributed by atoms with Gasteiger partial charge in [-0.1, -0.05) is 30.3 Å². The molecule has 194 valence electrons. The minimum atomic E-state index is -0.879. The lowest BCUT2D eigenvalue weighted by molar-refractivity contribution is -0.132. The molecule has 1 unspecified atom stereocenters. The molecule has 7 heteroatoms. The molecule has 2 aliphatic rings. The number of esters is 1. The van der Waals surface area contributed by atoms with Crippen molar-refractivity contribution in [2.24, 2.45) is 0 Å². The van der Waals surface area contributed by atoms with E-state index in [0.29, 0.717) is 16.8 Å². The number of aliphatic hydroxyl groups excluding tert-OH is 1. The number of carbonyl (C=O) groups excluding carboxylic acids is 3. The highest BCUT2D eigenvalue weighted by Gasteiger charge is 2.47. The molecule has 38 heavy (non-hydrogen) atoms. The van der Waals surface area contributed by atoms with Gasteiger partial charge in [0, 0.05) is 31.0 Å². The van der Waals surface area contributed by atoms with Crippen molar-refractivity contribution in [2.75, 3.05) is 31.0 Å². The summed E-state index contributed by atoms with van der Waals surface area (Å²) in [5, 5.41) is 11.5. The van der Waals surface area contributed by atoms with Crippen LogP contribution in [0.4, 0.5) is 11.4 Å². The largest absolute Gasteiger partial charge is 0.507 e. The molecule has 3 aromatic rings. The smallest absolute Gasteiger partial charge is 0.337 e. The van der Waals surface area contributed by atoms with Crippen molar-refractivity contribution >= 4 is 34.8 Å². The van der Waals surface area contributed by atoms with Crippen LogP contribution in [0.15, 0.2) is 72.3 Å². The number of hydrogen-bond acceptors (Lipinski definition) is 6. The Bertz CT molecular complexity index is 1460. The highest BCUT2D eigenvalue weighted by atomic mass is 16.5. The van der Waals surface area contributed by atoms with Crippen LogP contribution in [0, 0.1) is 0 Å². The monoisotopic (exact) mass is 510 g/mol. The number of Topliss-reactive ketones (excluding diaryl/α,β-unsaturated/α-hetero) is 1. The van der Waals surface area contributed by atoms with Gasteiger partial charge in [-0.25, -0.2) is 4.79 Å². The number of aliphatic hydroxyl groups is 1. The average molecular weight is 511 g/mol. The minimum Gasteiger partial charge on any atom is -0.507 e. The van der Waals surface area contributed by atoms with E-state index < -0.39 is 23.7 Å². The first-order valence-electron chi connectivity index (χ1n) is 12.7. The van der Waals surface area contributed by atoms with Crippen molar-refractivity contribution in [1.82, 2.24) is 0 Å². The molecule has 0 aromatic heterocycles. The Hall–Kier alpha value is -4.39. The van der Waals surface area contributed by atoms with Crippen LogP contribution in [0.25, 0.3) is 5.76 Å². The van der Waals surface area contributed by atoms with Crippen molar-refractivity contribution in [2.45, 2.75) is 31.7 Å². The van der Waals surface area contributed by atoms with Crippen LogP contribution in [-0.4, -0.2) is 44.0 Å². The molecule has 0 saturated carbocycles. The first-order valence-corrected chi connectivity index (χ1v) is 12.7. The molecule has 1 aliphatic heterocycles. The first-order chi connectivity index (χ1) is 18.3. The fourth-order valence-corrected chi connectivity index (χ4v) is 5.31. The maximum atomic E-state index is 13.5. The Morgan fingerprint density at radius 3 is 2.32 bits per heavy atom. The topological polar surface area (TPSA) is 87.1 Å². The molecule has 1 aliphatic carbocycles. The molecule has 1 heterocycles. The van der Waals surface area contributed by atoms with Crippen LogP contribution < -0.4 is 9.80 Å². The molecule has 1 atom stereocenters. The van der Waals surface area contributed by atoms with E-state index in [1.54, 1.807) is 18.2 Å². The summed E-state index contributed by atoms with van der Waals surface area (Å²) in [5.74, 6) is -2.30. The lowest BCUT2D eigenvalue weighted by Crippen LogP contribution is -2.29. The molecule has 3 aromatic carbocycles. The number of nitrogens with zero attached hydrogens (tertiary/aromatic N) is 2. The Kier molecular flexibility index (Phi) is 6.76. The van der Waals surface area contributed by atoms with Crippen LogP contribution in [-0.2, 0) is 27.2 Å². The summed E-state index contributed by atoms with van der Waals surface area (Å²) < 4.78 is 4.85. The quantitative estimate of drug-likeness (QED) is 0.224. The van der Waals surface area contributed by atoms with Crippen LogP contribution >= 0.6 is 0 Å². The molecule has 0 spiro atoms. The van der Waals surface area contributed by atoms with Gasteiger partial charge in [0.05, 0.1) is 24.3 Å². The van der Waals surface area contributed by atoms with Crippen molar-refractivity contribution < 1.29 is 24.2 Å². The average Bonchev–Trinajstić information content (AvgIpc) is 3.21. The van der Waals surface area contributed by atoms with Gasteiger partial charge in [0.15, 0.2) is 0 Å².